The third kappa shape index (κ3) is 3.70. The van der Waals surface area contributed by atoms with E-state index in [1.165, 1.54) is 30.4 Å². The van der Waals surface area contributed by atoms with E-state index < -0.39 is 5.97 Å². The van der Waals surface area contributed by atoms with E-state index >= 15 is 0 Å². The number of hydrogen-bond acceptors (Lipinski definition) is 3. The van der Waals surface area contributed by atoms with Crippen LogP contribution in [0.5, 0.6) is 5.75 Å². The van der Waals surface area contributed by atoms with Gasteiger partial charge in [-0.3, -0.25) is 4.79 Å². The topological polar surface area (TPSA) is 74.6 Å². The van der Waals surface area contributed by atoms with Crippen LogP contribution in [-0.2, 0) is 0 Å². The number of benzene rings is 2. The van der Waals surface area contributed by atoms with Crippen LogP contribution in [0.4, 0.5) is 0 Å². The molecular formula is C16H11ClO4. The molecule has 0 saturated carbocycles. The average molecular weight is 303 g/mol. The van der Waals surface area contributed by atoms with Crippen LogP contribution >= 0.6 is 11.6 Å². The molecule has 106 valence electrons. The lowest BCUT2D eigenvalue weighted by molar-refractivity contribution is 0.0693. The summed E-state index contributed by atoms with van der Waals surface area (Å²) < 4.78 is 0. The van der Waals surface area contributed by atoms with Crippen LogP contribution in [0.25, 0.3) is 6.08 Å². The van der Waals surface area contributed by atoms with Gasteiger partial charge in [-0.1, -0.05) is 23.7 Å². The maximum Gasteiger partial charge on any atom is 0.339 e. The number of carboxylic acids is 1. The van der Waals surface area contributed by atoms with Crippen molar-refractivity contribution in [2.75, 3.05) is 0 Å². The van der Waals surface area contributed by atoms with Crippen molar-refractivity contribution in [3.8, 4) is 5.75 Å². The first kappa shape index (κ1) is 14.8. The molecule has 2 aromatic carbocycles. The van der Waals surface area contributed by atoms with Crippen LogP contribution in [0.2, 0.25) is 5.02 Å². The smallest absolute Gasteiger partial charge is 0.339 e. The highest BCUT2D eigenvalue weighted by atomic mass is 35.5. The molecule has 0 aliphatic heterocycles. The SMILES string of the molecule is O=C(/C=C/c1ccc(O)c(C(=O)O)c1)c1ccc(Cl)cc1. The molecule has 0 spiro atoms. The second-order valence-electron chi connectivity index (χ2n) is 4.29. The third-order valence-electron chi connectivity index (χ3n) is 2.81. The van der Waals surface area contributed by atoms with Crippen LogP contribution in [-0.4, -0.2) is 22.0 Å². The lowest BCUT2D eigenvalue weighted by atomic mass is 10.1. The Balaban J connectivity index is 2.21. The lowest BCUT2D eigenvalue weighted by Crippen LogP contribution is -1.97. The molecule has 5 heteroatoms. The van der Waals surface area contributed by atoms with Gasteiger partial charge in [-0.25, -0.2) is 4.79 Å². The highest BCUT2D eigenvalue weighted by molar-refractivity contribution is 6.30. The first-order chi connectivity index (χ1) is 9.97. The van der Waals surface area contributed by atoms with Crippen molar-refractivity contribution in [1.29, 1.82) is 0 Å². The highest BCUT2D eigenvalue weighted by Crippen LogP contribution is 2.19. The molecule has 2 N–H and O–H groups in total. The predicted molar refractivity (Wildman–Crippen MR) is 79.9 cm³/mol. The van der Waals surface area contributed by atoms with E-state index in [1.54, 1.807) is 24.3 Å². The maximum atomic E-state index is 11.9. The van der Waals surface area contributed by atoms with E-state index in [1.807, 2.05) is 0 Å². The van der Waals surface area contributed by atoms with E-state index in [0.29, 0.717) is 16.1 Å². The molecule has 0 unspecified atom stereocenters. The Bertz CT molecular complexity index is 718. The van der Waals surface area contributed by atoms with Crippen molar-refractivity contribution in [3.63, 3.8) is 0 Å². The van der Waals surface area contributed by atoms with E-state index in [-0.39, 0.29) is 17.1 Å². The molecule has 21 heavy (non-hydrogen) atoms. The normalized spacial score (nSPS) is 10.7. The summed E-state index contributed by atoms with van der Waals surface area (Å²) in [5.74, 6) is -1.77. The molecule has 0 amide bonds. The summed E-state index contributed by atoms with van der Waals surface area (Å²) in [6.07, 6.45) is 2.82. The van der Waals surface area contributed by atoms with Crippen molar-refractivity contribution in [2.45, 2.75) is 0 Å². The number of halogens is 1. The summed E-state index contributed by atoms with van der Waals surface area (Å²) in [6, 6.07) is 10.5. The molecule has 0 aliphatic rings. The fraction of sp³-hybridized carbons (Fsp3) is 0. The number of aromatic carboxylic acids is 1. The van der Waals surface area contributed by atoms with Crippen LogP contribution < -0.4 is 0 Å². The molecule has 0 bridgehead atoms. The van der Waals surface area contributed by atoms with Crippen molar-refractivity contribution < 1.29 is 19.8 Å². The van der Waals surface area contributed by atoms with Gasteiger partial charge >= 0.3 is 5.97 Å². The van der Waals surface area contributed by atoms with Gasteiger partial charge in [-0.2, -0.15) is 0 Å². The number of hydrogen-bond donors (Lipinski definition) is 2. The monoisotopic (exact) mass is 302 g/mol. The fourth-order valence-corrected chi connectivity index (χ4v) is 1.84. The minimum atomic E-state index is -1.23. The predicted octanol–water partition coefficient (Wildman–Crippen LogP) is 3.64. The minimum absolute atomic E-state index is 0.212. The molecule has 0 atom stereocenters. The second kappa shape index (κ2) is 6.24. The Morgan fingerprint density at radius 1 is 1.05 bits per heavy atom. The molecule has 4 nitrogen and oxygen atoms in total. The number of carbonyl (C=O) groups is 2. The fourth-order valence-electron chi connectivity index (χ4n) is 1.71. The number of allylic oxidation sites excluding steroid dienone is 1. The van der Waals surface area contributed by atoms with Crippen LogP contribution in [0, 0.1) is 0 Å². The summed E-state index contributed by atoms with van der Waals surface area (Å²) in [5, 5.41) is 18.9. The summed E-state index contributed by atoms with van der Waals surface area (Å²) >= 11 is 5.74. The van der Waals surface area contributed by atoms with Crippen LogP contribution in [0.1, 0.15) is 26.3 Å². The van der Waals surface area contributed by atoms with Gasteiger partial charge in [0.2, 0.25) is 0 Å². The van der Waals surface area contributed by atoms with Gasteiger partial charge in [0.05, 0.1) is 0 Å². The van der Waals surface area contributed by atoms with E-state index in [9.17, 15) is 14.7 Å². The molecular weight excluding hydrogens is 292 g/mol. The van der Waals surface area contributed by atoms with Gasteiger partial charge in [-0.15, -0.1) is 0 Å². The number of aromatic hydroxyl groups is 1. The molecule has 2 rings (SSSR count). The van der Waals surface area contributed by atoms with Crippen molar-refractivity contribution in [3.05, 3.63) is 70.3 Å². The van der Waals surface area contributed by atoms with Gasteiger partial charge < -0.3 is 10.2 Å². The lowest BCUT2D eigenvalue weighted by Gasteiger charge is -2.01. The number of carbonyl (C=O) groups excluding carboxylic acids is 1. The highest BCUT2D eigenvalue weighted by Gasteiger charge is 2.09. The summed E-state index contributed by atoms with van der Waals surface area (Å²) in [5.41, 5.74) is 0.775. The largest absolute Gasteiger partial charge is 0.507 e. The van der Waals surface area contributed by atoms with Gasteiger partial charge in [0.25, 0.3) is 0 Å². The van der Waals surface area contributed by atoms with Gasteiger partial charge in [-0.05, 0) is 48.0 Å². The molecule has 2 aromatic rings. The molecule has 0 heterocycles. The Kier molecular flexibility index (Phi) is 4.40. The Hall–Kier alpha value is -2.59. The number of phenols is 1. The zero-order valence-electron chi connectivity index (χ0n) is 10.8. The van der Waals surface area contributed by atoms with Crippen molar-refractivity contribution in [2.24, 2.45) is 0 Å². The van der Waals surface area contributed by atoms with Crippen LogP contribution in [0.3, 0.4) is 0 Å². The minimum Gasteiger partial charge on any atom is -0.507 e. The van der Waals surface area contributed by atoms with Gasteiger partial charge in [0.15, 0.2) is 5.78 Å². The van der Waals surface area contributed by atoms with E-state index in [0.717, 1.165) is 0 Å². The van der Waals surface area contributed by atoms with Gasteiger partial charge in [0, 0.05) is 10.6 Å². The van der Waals surface area contributed by atoms with Crippen LogP contribution in [0.15, 0.2) is 48.5 Å². The quantitative estimate of drug-likeness (QED) is 0.668. The molecule has 0 radical (unpaired) electrons. The molecule has 0 fully saturated rings. The Labute approximate surface area is 125 Å². The molecule has 0 aromatic heterocycles. The van der Waals surface area contributed by atoms with E-state index in [2.05, 4.69) is 0 Å². The van der Waals surface area contributed by atoms with E-state index in [4.69, 9.17) is 16.7 Å². The number of carboxylic acid groups (broad SMARTS) is 1. The summed E-state index contributed by atoms with van der Waals surface area (Å²) in [4.78, 5) is 22.8. The molecule has 0 aliphatic carbocycles. The summed E-state index contributed by atoms with van der Waals surface area (Å²) in [6.45, 7) is 0. The Morgan fingerprint density at radius 3 is 2.33 bits per heavy atom. The zero-order valence-corrected chi connectivity index (χ0v) is 11.5. The third-order valence-corrected chi connectivity index (χ3v) is 3.06. The van der Waals surface area contributed by atoms with Gasteiger partial charge in [0.1, 0.15) is 11.3 Å². The van der Waals surface area contributed by atoms with Crippen molar-refractivity contribution >= 4 is 29.4 Å². The number of ketones is 1. The first-order valence-electron chi connectivity index (χ1n) is 6.01. The second-order valence-corrected chi connectivity index (χ2v) is 4.72. The first-order valence-corrected chi connectivity index (χ1v) is 6.39. The maximum absolute atomic E-state index is 11.9. The standard InChI is InChI=1S/C16H11ClO4/c17-12-5-3-11(4-6-12)14(18)7-1-10-2-8-15(19)13(9-10)16(20)21/h1-9,19H,(H,20,21)/b7-1+. The Morgan fingerprint density at radius 2 is 1.71 bits per heavy atom. The number of rotatable bonds is 4. The molecule has 0 saturated heterocycles. The zero-order chi connectivity index (χ0) is 15.4. The summed E-state index contributed by atoms with van der Waals surface area (Å²) in [7, 11) is 0. The van der Waals surface area contributed by atoms with Crippen molar-refractivity contribution in [1.82, 2.24) is 0 Å². The average Bonchev–Trinajstić information content (AvgIpc) is 2.46.